The molecule has 6 heteroatoms. The number of aryl methyl sites for hydroxylation is 1. The Balaban J connectivity index is 0.000000224. The number of benzene rings is 1. The smallest absolute Gasteiger partial charge is 0.328 e. The minimum atomic E-state index is -1.26. The number of aliphatic carboxylic acids is 2. The summed E-state index contributed by atoms with van der Waals surface area (Å²) in [6.07, 6.45) is 8.42. The molecular formula is C18H22ClNO4. The normalized spacial score (nSPS) is 16.4. The minimum Gasteiger partial charge on any atom is -0.478 e. The standard InChI is InChI=1S/C14H18ClN.C4H4O4/c15-14-12-4-2-1-3-10(12)9-11-5-7-16-8-6-13(11)14;5-3(6)1-2-4(7)8/h9,16H,1-8H2;1-2H,(H,5,6)(H,7,8)/b;2-1+. The Kier molecular flexibility index (Phi) is 6.82. The molecule has 0 aromatic heterocycles. The fourth-order valence-electron chi connectivity index (χ4n) is 3.16. The Bertz CT molecular complexity index is 639. The van der Waals surface area contributed by atoms with E-state index in [4.69, 9.17) is 21.8 Å². The van der Waals surface area contributed by atoms with Gasteiger partial charge in [0.25, 0.3) is 0 Å². The lowest BCUT2D eigenvalue weighted by Crippen LogP contribution is -2.16. The summed E-state index contributed by atoms with van der Waals surface area (Å²) in [5.74, 6) is -2.51. The van der Waals surface area contributed by atoms with Gasteiger partial charge in [0.15, 0.2) is 0 Å². The lowest BCUT2D eigenvalue weighted by atomic mass is 9.87. The monoisotopic (exact) mass is 351 g/mol. The molecule has 1 aromatic carbocycles. The highest BCUT2D eigenvalue weighted by Gasteiger charge is 2.19. The number of nitrogens with one attached hydrogen (secondary N) is 1. The molecule has 1 aliphatic heterocycles. The first-order valence-corrected chi connectivity index (χ1v) is 8.53. The third-order valence-electron chi connectivity index (χ3n) is 4.27. The van der Waals surface area contributed by atoms with Crippen LogP contribution < -0.4 is 5.32 Å². The van der Waals surface area contributed by atoms with Gasteiger partial charge < -0.3 is 15.5 Å². The molecule has 0 unspecified atom stereocenters. The lowest BCUT2D eigenvalue weighted by molar-refractivity contribution is -0.134. The molecule has 1 aliphatic carbocycles. The van der Waals surface area contributed by atoms with Gasteiger partial charge in [-0.1, -0.05) is 17.7 Å². The molecule has 1 aromatic rings. The number of hydrogen-bond acceptors (Lipinski definition) is 3. The van der Waals surface area contributed by atoms with E-state index >= 15 is 0 Å². The van der Waals surface area contributed by atoms with Crippen molar-refractivity contribution in [1.29, 1.82) is 0 Å². The highest BCUT2D eigenvalue weighted by molar-refractivity contribution is 6.32. The van der Waals surface area contributed by atoms with Crippen LogP contribution in [0, 0.1) is 0 Å². The molecule has 0 fully saturated rings. The molecule has 24 heavy (non-hydrogen) atoms. The summed E-state index contributed by atoms with van der Waals surface area (Å²) in [6.45, 7) is 2.17. The maximum absolute atomic E-state index is 9.55. The van der Waals surface area contributed by atoms with E-state index in [9.17, 15) is 9.59 Å². The molecule has 0 saturated heterocycles. The first-order valence-electron chi connectivity index (χ1n) is 8.15. The van der Waals surface area contributed by atoms with E-state index in [0.29, 0.717) is 12.2 Å². The summed E-state index contributed by atoms with van der Waals surface area (Å²) in [6, 6.07) is 2.43. The molecule has 1 heterocycles. The molecule has 0 spiro atoms. The van der Waals surface area contributed by atoms with Crippen molar-refractivity contribution in [3.05, 3.63) is 45.5 Å². The van der Waals surface area contributed by atoms with Gasteiger partial charge in [-0.25, -0.2) is 9.59 Å². The first-order chi connectivity index (χ1) is 11.5. The van der Waals surface area contributed by atoms with E-state index in [1.165, 1.54) is 47.9 Å². The average molecular weight is 352 g/mol. The van der Waals surface area contributed by atoms with E-state index < -0.39 is 11.9 Å². The number of fused-ring (bicyclic) bond motifs is 2. The van der Waals surface area contributed by atoms with Crippen LogP contribution in [0.15, 0.2) is 18.2 Å². The Morgan fingerprint density at radius 3 is 2.12 bits per heavy atom. The predicted molar refractivity (Wildman–Crippen MR) is 92.8 cm³/mol. The van der Waals surface area contributed by atoms with Crippen molar-refractivity contribution >= 4 is 23.5 Å². The summed E-state index contributed by atoms with van der Waals surface area (Å²) in [5.41, 5.74) is 5.90. The van der Waals surface area contributed by atoms with E-state index in [0.717, 1.165) is 31.0 Å². The van der Waals surface area contributed by atoms with Gasteiger partial charge in [0.2, 0.25) is 0 Å². The van der Waals surface area contributed by atoms with E-state index in [-0.39, 0.29) is 0 Å². The van der Waals surface area contributed by atoms with Gasteiger partial charge in [-0.3, -0.25) is 0 Å². The topological polar surface area (TPSA) is 86.6 Å². The van der Waals surface area contributed by atoms with Gasteiger partial charge in [-0.05, 0) is 73.9 Å². The first kappa shape index (κ1) is 18.5. The van der Waals surface area contributed by atoms with Crippen LogP contribution in [0.25, 0.3) is 0 Å². The molecule has 2 aliphatic rings. The quantitative estimate of drug-likeness (QED) is 0.713. The largest absolute Gasteiger partial charge is 0.478 e. The molecular weight excluding hydrogens is 330 g/mol. The summed E-state index contributed by atoms with van der Waals surface area (Å²) in [5, 5.41) is 20.2. The third kappa shape index (κ3) is 5.08. The molecule has 0 atom stereocenters. The van der Waals surface area contributed by atoms with Gasteiger partial charge in [0, 0.05) is 17.2 Å². The van der Waals surface area contributed by atoms with Crippen molar-refractivity contribution in [2.45, 2.75) is 38.5 Å². The van der Waals surface area contributed by atoms with Crippen molar-refractivity contribution in [2.75, 3.05) is 13.1 Å². The Morgan fingerprint density at radius 2 is 1.46 bits per heavy atom. The zero-order chi connectivity index (χ0) is 17.5. The number of hydrogen-bond donors (Lipinski definition) is 3. The summed E-state index contributed by atoms with van der Waals surface area (Å²) >= 11 is 6.59. The average Bonchev–Trinajstić information content (AvgIpc) is 2.79. The molecule has 0 amide bonds. The molecule has 5 nitrogen and oxygen atoms in total. The van der Waals surface area contributed by atoms with Gasteiger partial charge in [0.05, 0.1) is 0 Å². The Labute approximate surface area is 146 Å². The van der Waals surface area contributed by atoms with Crippen molar-refractivity contribution < 1.29 is 19.8 Å². The minimum absolute atomic E-state index is 0.558. The van der Waals surface area contributed by atoms with Gasteiger partial charge in [-0.2, -0.15) is 0 Å². The maximum Gasteiger partial charge on any atom is 0.328 e. The van der Waals surface area contributed by atoms with Gasteiger partial charge in [-0.15, -0.1) is 0 Å². The van der Waals surface area contributed by atoms with E-state index in [2.05, 4.69) is 11.4 Å². The van der Waals surface area contributed by atoms with Crippen LogP contribution in [0.2, 0.25) is 5.02 Å². The Morgan fingerprint density at radius 1 is 0.917 bits per heavy atom. The summed E-state index contributed by atoms with van der Waals surface area (Å²) in [4.78, 5) is 19.1. The van der Waals surface area contributed by atoms with Crippen molar-refractivity contribution in [3.63, 3.8) is 0 Å². The third-order valence-corrected chi connectivity index (χ3v) is 4.72. The number of rotatable bonds is 2. The van der Waals surface area contributed by atoms with Crippen LogP contribution in [0.1, 0.15) is 35.1 Å². The fraction of sp³-hybridized carbons (Fsp3) is 0.444. The van der Waals surface area contributed by atoms with Crippen LogP contribution in [0.3, 0.4) is 0 Å². The molecule has 0 saturated carbocycles. The molecule has 0 bridgehead atoms. The number of carbonyl (C=O) groups is 2. The van der Waals surface area contributed by atoms with E-state index in [1.54, 1.807) is 0 Å². The van der Waals surface area contributed by atoms with Crippen molar-refractivity contribution in [2.24, 2.45) is 0 Å². The molecule has 0 radical (unpaired) electrons. The zero-order valence-corrected chi connectivity index (χ0v) is 14.2. The number of carboxylic acid groups (broad SMARTS) is 2. The van der Waals surface area contributed by atoms with Crippen LogP contribution >= 0.6 is 11.6 Å². The highest BCUT2D eigenvalue weighted by Crippen LogP contribution is 2.34. The van der Waals surface area contributed by atoms with Crippen LogP contribution in [-0.4, -0.2) is 35.2 Å². The fourth-order valence-corrected chi connectivity index (χ4v) is 3.59. The lowest BCUT2D eigenvalue weighted by Gasteiger charge is -2.21. The zero-order valence-electron chi connectivity index (χ0n) is 13.5. The SMILES string of the molecule is Clc1c2c(cc3c1CCNCC3)CCCC2.O=C(O)/C=C/C(=O)O. The van der Waals surface area contributed by atoms with Crippen molar-refractivity contribution in [1.82, 2.24) is 5.32 Å². The second kappa shape index (κ2) is 8.85. The summed E-state index contributed by atoms with van der Waals surface area (Å²) in [7, 11) is 0. The maximum atomic E-state index is 9.55. The molecule has 130 valence electrons. The highest BCUT2D eigenvalue weighted by atomic mass is 35.5. The Hall–Kier alpha value is -1.85. The number of carboxylic acids is 2. The predicted octanol–water partition coefficient (Wildman–Crippen LogP) is 2.62. The van der Waals surface area contributed by atoms with E-state index in [1.807, 2.05) is 0 Å². The molecule has 3 rings (SSSR count). The summed E-state index contributed by atoms with van der Waals surface area (Å²) < 4.78 is 0. The number of halogens is 1. The van der Waals surface area contributed by atoms with Crippen LogP contribution in [0.5, 0.6) is 0 Å². The second-order valence-electron chi connectivity index (χ2n) is 5.93. The molecule has 3 N–H and O–H groups in total. The second-order valence-corrected chi connectivity index (χ2v) is 6.31. The van der Waals surface area contributed by atoms with Crippen molar-refractivity contribution in [3.8, 4) is 0 Å². The van der Waals surface area contributed by atoms with Gasteiger partial charge >= 0.3 is 11.9 Å². The van der Waals surface area contributed by atoms with Gasteiger partial charge in [0.1, 0.15) is 0 Å². The van der Waals surface area contributed by atoms with Crippen LogP contribution in [0.4, 0.5) is 0 Å². The van der Waals surface area contributed by atoms with Crippen LogP contribution in [-0.2, 0) is 35.3 Å².